The maximum atomic E-state index is 13.0. The number of carboxylic acids is 1. The summed E-state index contributed by atoms with van der Waals surface area (Å²) in [6.07, 6.45) is 25.8. The van der Waals surface area contributed by atoms with Gasteiger partial charge in [0, 0.05) is 19.1 Å². The molecule has 248 valence electrons. The molecule has 43 heavy (non-hydrogen) atoms. The largest absolute Gasteiger partial charge is 0.481 e. The van der Waals surface area contributed by atoms with Gasteiger partial charge in [-0.15, -0.1) is 0 Å². The van der Waals surface area contributed by atoms with E-state index in [0.717, 1.165) is 64.3 Å². The van der Waals surface area contributed by atoms with Crippen LogP contribution in [0.5, 0.6) is 0 Å². The molecule has 0 aromatic carbocycles. The van der Waals surface area contributed by atoms with E-state index in [1.807, 2.05) is 18.7 Å². The zero-order chi connectivity index (χ0) is 31.3. The summed E-state index contributed by atoms with van der Waals surface area (Å²) in [6, 6.07) is 0.721. The number of nitrogens with one attached hydrogen (secondary N) is 1. The van der Waals surface area contributed by atoms with Crippen LogP contribution >= 0.6 is 0 Å². The van der Waals surface area contributed by atoms with Crippen molar-refractivity contribution >= 4 is 18.1 Å². The number of isocyanates is 1. The number of carbonyl (C=O) groups is 2. The van der Waals surface area contributed by atoms with Crippen molar-refractivity contribution in [2.75, 3.05) is 19.7 Å². The minimum absolute atomic E-state index is 0.0865. The summed E-state index contributed by atoms with van der Waals surface area (Å²) in [5.74, 6) is -0.168. The van der Waals surface area contributed by atoms with Gasteiger partial charge in [-0.2, -0.15) is 0 Å². The fourth-order valence-corrected chi connectivity index (χ4v) is 6.68. The van der Waals surface area contributed by atoms with Crippen molar-refractivity contribution in [3.8, 4) is 0 Å². The molecule has 8 heteroatoms. The average molecular weight is 606 g/mol. The Hall–Kier alpha value is -1.92. The highest BCUT2D eigenvalue weighted by molar-refractivity contribution is 5.74. The number of urea groups is 1. The van der Waals surface area contributed by atoms with E-state index in [1.165, 1.54) is 70.6 Å². The van der Waals surface area contributed by atoms with Gasteiger partial charge in [0.25, 0.3) is 0 Å². The monoisotopic (exact) mass is 605 g/mol. The predicted octanol–water partition coefficient (Wildman–Crippen LogP) is 8.42. The average Bonchev–Trinajstić information content (AvgIpc) is 3.01. The molecule has 2 N–H and O–H groups in total. The van der Waals surface area contributed by atoms with Crippen LogP contribution in [0.4, 0.5) is 4.79 Å². The minimum Gasteiger partial charge on any atom is -0.481 e. The van der Waals surface area contributed by atoms with Gasteiger partial charge in [0.2, 0.25) is 6.08 Å². The van der Waals surface area contributed by atoms with Gasteiger partial charge in [0.15, 0.2) is 0 Å². The molecule has 3 aliphatic rings. The molecule has 8 nitrogen and oxygen atoms in total. The highest BCUT2D eigenvalue weighted by atomic mass is 16.5. The second-order valence-corrected chi connectivity index (χ2v) is 14.0. The van der Waals surface area contributed by atoms with Crippen LogP contribution in [0.1, 0.15) is 156 Å². The molecule has 0 radical (unpaired) electrons. The summed E-state index contributed by atoms with van der Waals surface area (Å²) >= 11 is 0. The van der Waals surface area contributed by atoms with Crippen molar-refractivity contribution in [2.24, 2.45) is 16.3 Å². The van der Waals surface area contributed by atoms with Crippen LogP contribution in [0.3, 0.4) is 0 Å². The maximum Gasteiger partial charge on any atom is 0.317 e. The highest BCUT2D eigenvalue weighted by Gasteiger charge is 2.30. The molecule has 2 atom stereocenters. The van der Waals surface area contributed by atoms with Crippen LogP contribution in [-0.4, -0.2) is 66.0 Å². The molecule has 0 heterocycles. The summed E-state index contributed by atoms with van der Waals surface area (Å²) in [5.41, 5.74) is -0.656. The van der Waals surface area contributed by atoms with Crippen LogP contribution in [0.25, 0.3) is 0 Å². The molecule has 2 amide bonds. The molecule has 0 bridgehead atoms. The van der Waals surface area contributed by atoms with Gasteiger partial charge >= 0.3 is 12.0 Å². The summed E-state index contributed by atoms with van der Waals surface area (Å²) in [7, 11) is 0. The van der Waals surface area contributed by atoms with Crippen molar-refractivity contribution in [1.29, 1.82) is 0 Å². The maximum absolute atomic E-state index is 13.0. The van der Waals surface area contributed by atoms with Crippen LogP contribution < -0.4 is 5.32 Å². The Morgan fingerprint density at radius 3 is 2.23 bits per heavy atom. The third kappa shape index (κ3) is 16.1. The van der Waals surface area contributed by atoms with Gasteiger partial charge < -0.3 is 20.1 Å². The zero-order valence-electron chi connectivity index (χ0n) is 27.8. The Morgan fingerprint density at radius 2 is 1.58 bits per heavy atom. The molecule has 3 aliphatic carbocycles. The van der Waals surface area contributed by atoms with Crippen molar-refractivity contribution in [3.63, 3.8) is 0 Å². The molecule has 0 aliphatic heterocycles. The highest BCUT2D eigenvalue weighted by Crippen LogP contribution is 2.33. The van der Waals surface area contributed by atoms with E-state index in [1.54, 1.807) is 6.08 Å². The fourth-order valence-electron chi connectivity index (χ4n) is 6.68. The van der Waals surface area contributed by atoms with E-state index in [2.05, 4.69) is 17.2 Å². The quantitative estimate of drug-likeness (QED) is 0.104. The second-order valence-electron chi connectivity index (χ2n) is 14.0. The van der Waals surface area contributed by atoms with Crippen molar-refractivity contribution < 1.29 is 24.2 Å². The number of carboxylic acid groups (broad SMARTS) is 1. The standard InChI is InChI=1S/C28H52N2O4.C7H11NO/c1-4-5-6-7-11-19-30(27(33)29-24-14-9-8-10-15-24)20-21-34-25-16-12-13-23(22-25)17-18-28(2,3)26(31)32;9-6-8-7-4-2-1-3-5-7/h23-25H,4-22H2,1-3H3,(H,29,33)(H,31,32);7H,1-5H2/t23-,25-;/m1./s1. The number of hydrogen-bond acceptors (Lipinski definition) is 5. The smallest absolute Gasteiger partial charge is 0.317 e. The van der Waals surface area contributed by atoms with Gasteiger partial charge in [-0.25, -0.2) is 14.6 Å². The SMILES string of the molecule is CCCCCCCN(CCO[C@@H]1CCC[C@H](CCC(C)(C)C(=O)O)C1)C(=O)NC1CCCCC1.O=C=NC1CCCCC1. The van der Waals surface area contributed by atoms with E-state index >= 15 is 0 Å². The van der Waals surface area contributed by atoms with Crippen molar-refractivity contribution in [2.45, 2.75) is 174 Å². The third-order valence-corrected chi connectivity index (χ3v) is 9.77. The molecule has 0 aromatic rings. The second kappa shape index (κ2) is 21.7. The van der Waals surface area contributed by atoms with Crippen molar-refractivity contribution in [3.05, 3.63) is 0 Å². The minimum atomic E-state index is -0.711. The lowest BCUT2D eigenvalue weighted by molar-refractivity contribution is -0.147. The molecule has 0 saturated heterocycles. The first kappa shape index (κ1) is 37.3. The Balaban J connectivity index is 0.000000609. The van der Waals surface area contributed by atoms with Gasteiger partial charge in [-0.3, -0.25) is 4.79 Å². The van der Waals surface area contributed by atoms with Crippen LogP contribution in [0, 0.1) is 11.3 Å². The number of unbranched alkanes of at least 4 members (excludes halogenated alkanes) is 4. The Bertz CT molecular complexity index is 816. The topological polar surface area (TPSA) is 108 Å². The number of aliphatic carboxylic acids is 1. The summed E-state index contributed by atoms with van der Waals surface area (Å²) in [6.45, 7) is 7.92. The first-order valence-electron chi connectivity index (χ1n) is 17.7. The first-order chi connectivity index (χ1) is 20.7. The Morgan fingerprint density at radius 1 is 0.907 bits per heavy atom. The summed E-state index contributed by atoms with van der Waals surface area (Å²) < 4.78 is 6.27. The summed E-state index contributed by atoms with van der Waals surface area (Å²) in [5, 5.41) is 12.7. The number of amides is 2. The number of carbonyl (C=O) groups excluding carboxylic acids is 2. The van der Waals surface area contributed by atoms with E-state index in [-0.39, 0.29) is 12.1 Å². The molecular weight excluding hydrogens is 542 g/mol. The number of aliphatic imine (C=N–C) groups is 1. The van der Waals surface area contributed by atoms with Crippen LogP contribution in [0.15, 0.2) is 4.99 Å². The zero-order valence-corrected chi connectivity index (χ0v) is 27.8. The predicted molar refractivity (Wildman–Crippen MR) is 173 cm³/mol. The van der Waals surface area contributed by atoms with Gasteiger partial charge in [-0.1, -0.05) is 84.0 Å². The molecule has 3 fully saturated rings. The van der Waals surface area contributed by atoms with E-state index in [9.17, 15) is 19.5 Å². The normalized spacial score (nSPS) is 21.7. The Labute approximate surface area is 262 Å². The Kier molecular flexibility index (Phi) is 18.8. The number of hydrogen-bond donors (Lipinski definition) is 2. The lowest BCUT2D eigenvalue weighted by Crippen LogP contribution is -2.47. The van der Waals surface area contributed by atoms with E-state index in [4.69, 9.17) is 4.74 Å². The number of nitrogens with zero attached hydrogens (tertiary/aromatic N) is 2. The van der Waals surface area contributed by atoms with Gasteiger partial charge in [0.1, 0.15) is 0 Å². The van der Waals surface area contributed by atoms with Gasteiger partial charge in [-0.05, 0) is 77.6 Å². The number of rotatable bonds is 16. The molecule has 3 saturated carbocycles. The van der Waals surface area contributed by atoms with Crippen LogP contribution in [0.2, 0.25) is 0 Å². The molecule has 3 rings (SSSR count). The number of ether oxygens (including phenoxy) is 1. The molecule has 0 unspecified atom stereocenters. The first-order valence-corrected chi connectivity index (χ1v) is 17.7. The van der Waals surface area contributed by atoms with E-state index in [0.29, 0.717) is 37.6 Å². The van der Waals surface area contributed by atoms with E-state index < -0.39 is 11.4 Å². The molecule has 0 spiro atoms. The molecular formula is C35H63N3O5. The van der Waals surface area contributed by atoms with Crippen molar-refractivity contribution in [1.82, 2.24) is 10.2 Å². The van der Waals surface area contributed by atoms with Crippen LogP contribution in [-0.2, 0) is 14.3 Å². The third-order valence-electron chi connectivity index (χ3n) is 9.77. The summed E-state index contributed by atoms with van der Waals surface area (Å²) in [4.78, 5) is 39.9. The lowest BCUT2D eigenvalue weighted by atomic mass is 9.79. The fraction of sp³-hybridized carbons (Fsp3) is 0.914. The molecule has 0 aromatic heterocycles. The lowest BCUT2D eigenvalue weighted by Gasteiger charge is -2.32. The van der Waals surface area contributed by atoms with Gasteiger partial charge in [0.05, 0.1) is 24.2 Å².